The molecular formula is C24H26N2O4. The number of aryl methyl sites for hydroxylation is 2. The fraction of sp³-hybridized carbons (Fsp3) is 0.375. The minimum absolute atomic E-state index is 0.201. The van der Waals surface area contributed by atoms with E-state index in [1.54, 1.807) is 26.0 Å². The van der Waals surface area contributed by atoms with Gasteiger partial charge in [0.25, 0.3) is 0 Å². The average molecular weight is 406 g/mol. The van der Waals surface area contributed by atoms with Gasteiger partial charge in [0.1, 0.15) is 5.54 Å². The summed E-state index contributed by atoms with van der Waals surface area (Å²) in [5.74, 6) is -2.69. The van der Waals surface area contributed by atoms with Crippen molar-refractivity contribution in [3.63, 3.8) is 0 Å². The number of imide groups is 1. The molecule has 2 aliphatic heterocycles. The lowest BCUT2D eigenvalue weighted by Gasteiger charge is -2.29. The van der Waals surface area contributed by atoms with Gasteiger partial charge in [-0.2, -0.15) is 0 Å². The number of carbonyl (C=O) groups excluding carboxylic acids is 3. The molecule has 0 spiro atoms. The Morgan fingerprint density at radius 1 is 1.07 bits per heavy atom. The summed E-state index contributed by atoms with van der Waals surface area (Å²) < 4.78 is 5.31. The van der Waals surface area contributed by atoms with Crippen LogP contribution in [0.1, 0.15) is 36.6 Å². The maximum Gasteiger partial charge on any atom is 0.326 e. The van der Waals surface area contributed by atoms with Gasteiger partial charge in [0.05, 0.1) is 24.1 Å². The molecule has 0 aliphatic carbocycles. The summed E-state index contributed by atoms with van der Waals surface area (Å²) in [5, 5.41) is 3.31. The van der Waals surface area contributed by atoms with Crippen LogP contribution in [0.25, 0.3) is 0 Å². The highest BCUT2D eigenvalue weighted by molar-refractivity contribution is 6.24. The summed E-state index contributed by atoms with van der Waals surface area (Å²) in [6.07, 6.45) is 0. The highest BCUT2D eigenvalue weighted by Gasteiger charge is 2.67. The van der Waals surface area contributed by atoms with E-state index in [0.717, 1.165) is 16.7 Å². The number of esters is 1. The Labute approximate surface area is 176 Å². The number of carbonyl (C=O) groups is 3. The van der Waals surface area contributed by atoms with Crippen LogP contribution in [-0.2, 0) is 19.1 Å². The zero-order valence-corrected chi connectivity index (χ0v) is 17.6. The van der Waals surface area contributed by atoms with Crippen LogP contribution < -0.4 is 10.2 Å². The molecule has 2 amide bonds. The van der Waals surface area contributed by atoms with Gasteiger partial charge < -0.3 is 4.74 Å². The largest absolute Gasteiger partial charge is 0.465 e. The second-order valence-corrected chi connectivity index (χ2v) is 8.25. The summed E-state index contributed by atoms with van der Waals surface area (Å²) in [6, 6.07) is 14.5. The molecule has 156 valence electrons. The van der Waals surface area contributed by atoms with Crippen LogP contribution in [0.4, 0.5) is 5.69 Å². The second kappa shape index (κ2) is 7.36. The molecule has 4 atom stereocenters. The SMILES string of the molecule is CCOC(=O)[C@]1(C)N[C@H](c2ccccc2C)[C@@H]2C(=O)N(c3ccc(C)cc3)C(=O)[C@H]21. The molecule has 0 aromatic heterocycles. The Bertz CT molecular complexity index is 1020. The predicted octanol–water partition coefficient (Wildman–Crippen LogP) is 3.08. The molecule has 4 rings (SSSR count). The number of rotatable bonds is 4. The second-order valence-electron chi connectivity index (χ2n) is 8.25. The first-order valence-electron chi connectivity index (χ1n) is 10.2. The van der Waals surface area contributed by atoms with E-state index in [9.17, 15) is 14.4 Å². The quantitative estimate of drug-likeness (QED) is 0.624. The van der Waals surface area contributed by atoms with Crippen LogP contribution in [0.15, 0.2) is 48.5 Å². The van der Waals surface area contributed by atoms with E-state index < -0.39 is 29.4 Å². The fourth-order valence-electron chi connectivity index (χ4n) is 4.76. The monoisotopic (exact) mass is 406 g/mol. The van der Waals surface area contributed by atoms with Gasteiger partial charge in [-0.1, -0.05) is 42.0 Å². The lowest BCUT2D eigenvalue weighted by atomic mass is 9.80. The Kier molecular flexibility index (Phi) is 4.98. The maximum absolute atomic E-state index is 13.6. The number of nitrogens with zero attached hydrogens (tertiary/aromatic N) is 1. The van der Waals surface area contributed by atoms with Crippen LogP contribution in [0.2, 0.25) is 0 Å². The van der Waals surface area contributed by atoms with Crippen molar-refractivity contribution in [1.82, 2.24) is 5.32 Å². The molecule has 30 heavy (non-hydrogen) atoms. The summed E-state index contributed by atoms with van der Waals surface area (Å²) in [6.45, 7) is 7.51. The van der Waals surface area contributed by atoms with E-state index in [4.69, 9.17) is 4.74 Å². The Hall–Kier alpha value is -2.99. The Morgan fingerprint density at radius 3 is 2.37 bits per heavy atom. The Balaban J connectivity index is 1.83. The Morgan fingerprint density at radius 2 is 1.73 bits per heavy atom. The van der Waals surface area contributed by atoms with Gasteiger partial charge >= 0.3 is 5.97 Å². The first-order chi connectivity index (χ1) is 14.3. The first-order valence-corrected chi connectivity index (χ1v) is 10.2. The number of anilines is 1. The molecule has 1 N–H and O–H groups in total. The smallest absolute Gasteiger partial charge is 0.326 e. The van der Waals surface area contributed by atoms with E-state index >= 15 is 0 Å². The minimum Gasteiger partial charge on any atom is -0.465 e. The fourth-order valence-corrected chi connectivity index (χ4v) is 4.76. The molecule has 2 aliphatic rings. The molecule has 6 nitrogen and oxygen atoms in total. The minimum atomic E-state index is -1.29. The molecule has 6 heteroatoms. The molecule has 2 aromatic carbocycles. The zero-order valence-electron chi connectivity index (χ0n) is 17.6. The van der Waals surface area contributed by atoms with Crippen molar-refractivity contribution < 1.29 is 19.1 Å². The van der Waals surface area contributed by atoms with E-state index in [1.807, 2.05) is 50.2 Å². The van der Waals surface area contributed by atoms with Gasteiger partial charge in [-0.15, -0.1) is 0 Å². The number of amides is 2. The summed E-state index contributed by atoms with van der Waals surface area (Å²) >= 11 is 0. The van der Waals surface area contributed by atoms with Crippen molar-refractivity contribution in [2.24, 2.45) is 11.8 Å². The third-order valence-corrected chi connectivity index (χ3v) is 6.30. The predicted molar refractivity (Wildman–Crippen MR) is 113 cm³/mol. The van der Waals surface area contributed by atoms with Crippen molar-refractivity contribution in [2.45, 2.75) is 39.3 Å². The number of nitrogens with one attached hydrogen (secondary N) is 1. The third-order valence-electron chi connectivity index (χ3n) is 6.30. The number of fused-ring (bicyclic) bond motifs is 1. The van der Waals surface area contributed by atoms with Gasteiger partial charge in [0.2, 0.25) is 11.8 Å². The molecule has 2 heterocycles. The van der Waals surface area contributed by atoms with Crippen molar-refractivity contribution in [3.8, 4) is 0 Å². The van der Waals surface area contributed by atoms with Gasteiger partial charge in [-0.05, 0) is 51.0 Å². The van der Waals surface area contributed by atoms with Crippen molar-refractivity contribution in [2.75, 3.05) is 11.5 Å². The van der Waals surface area contributed by atoms with Crippen LogP contribution in [0, 0.1) is 25.7 Å². The molecule has 2 aromatic rings. The van der Waals surface area contributed by atoms with Crippen LogP contribution in [0.5, 0.6) is 0 Å². The first kappa shape index (κ1) is 20.3. The topological polar surface area (TPSA) is 75.7 Å². The van der Waals surface area contributed by atoms with E-state index in [-0.39, 0.29) is 18.4 Å². The normalized spacial score (nSPS) is 28.0. The molecule has 0 saturated carbocycles. The number of benzene rings is 2. The van der Waals surface area contributed by atoms with Crippen LogP contribution >= 0.6 is 0 Å². The summed E-state index contributed by atoms with van der Waals surface area (Å²) in [5.41, 5.74) is 2.18. The number of hydrogen-bond acceptors (Lipinski definition) is 5. The van der Waals surface area contributed by atoms with Gasteiger partial charge in [-0.25, -0.2) is 4.90 Å². The lowest BCUT2D eigenvalue weighted by Crippen LogP contribution is -2.54. The molecular weight excluding hydrogens is 380 g/mol. The standard InChI is InChI=1S/C24H26N2O4/c1-5-30-23(29)24(4)19-18(20(25-24)17-9-7-6-8-15(17)3)21(27)26(22(19)28)16-12-10-14(2)11-13-16/h6-13,18-20,25H,5H2,1-4H3/t18-,19+,20-,24-/m1/s1. The van der Waals surface area contributed by atoms with Crippen LogP contribution in [-0.4, -0.2) is 29.9 Å². The molecule has 2 saturated heterocycles. The van der Waals surface area contributed by atoms with E-state index in [0.29, 0.717) is 5.69 Å². The summed E-state index contributed by atoms with van der Waals surface area (Å²) in [7, 11) is 0. The van der Waals surface area contributed by atoms with E-state index in [1.165, 1.54) is 4.90 Å². The van der Waals surface area contributed by atoms with Crippen molar-refractivity contribution in [3.05, 3.63) is 65.2 Å². The van der Waals surface area contributed by atoms with Gasteiger partial charge in [-0.3, -0.25) is 19.7 Å². The molecule has 0 bridgehead atoms. The van der Waals surface area contributed by atoms with Gasteiger partial charge in [0.15, 0.2) is 0 Å². The van der Waals surface area contributed by atoms with Crippen molar-refractivity contribution in [1.29, 1.82) is 0 Å². The molecule has 2 fully saturated rings. The average Bonchev–Trinajstić information content (AvgIpc) is 3.17. The highest BCUT2D eigenvalue weighted by Crippen LogP contribution is 2.50. The maximum atomic E-state index is 13.6. The number of hydrogen-bond donors (Lipinski definition) is 1. The number of ether oxygens (including phenoxy) is 1. The van der Waals surface area contributed by atoms with Gasteiger partial charge in [0, 0.05) is 6.04 Å². The zero-order chi connectivity index (χ0) is 21.6. The van der Waals surface area contributed by atoms with E-state index in [2.05, 4.69) is 5.32 Å². The molecule has 0 radical (unpaired) electrons. The summed E-state index contributed by atoms with van der Waals surface area (Å²) in [4.78, 5) is 41.3. The lowest BCUT2D eigenvalue weighted by molar-refractivity contribution is -0.153. The molecule has 0 unspecified atom stereocenters. The van der Waals surface area contributed by atoms with Crippen molar-refractivity contribution >= 4 is 23.5 Å². The highest BCUT2D eigenvalue weighted by atomic mass is 16.5. The van der Waals surface area contributed by atoms with Crippen LogP contribution in [0.3, 0.4) is 0 Å². The third kappa shape index (κ3) is 2.94.